The monoisotopic (exact) mass is 510 g/mol. The summed E-state index contributed by atoms with van der Waals surface area (Å²) in [6, 6.07) is 28.6. The van der Waals surface area contributed by atoms with Crippen molar-refractivity contribution in [1.29, 1.82) is 0 Å². The molecule has 1 aliphatic rings. The molecule has 0 aliphatic carbocycles. The lowest BCUT2D eigenvalue weighted by Crippen LogP contribution is -2.03. The molecule has 4 aromatic rings. The maximum absolute atomic E-state index is 14.3. The number of rotatable bonds is 6. The van der Waals surface area contributed by atoms with E-state index in [1.54, 1.807) is 60.7 Å². The molecule has 5 rings (SSSR count). The van der Waals surface area contributed by atoms with Crippen molar-refractivity contribution in [1.82, 2.24) is 0 Å². The first-order valence-electron chi connectivity index (χ1n) is 11.1. The highest BCUT2D eigenvalue weighted by atomic mass is 32.2. The molecule has 0 radical (unpaired) electrons. The molecule has 0 bridgehead atoms. The fourth-order valence-corrected chi connectivity index (χ4v) is 6.50. The van der Waals surface area contributed by atoms with Crippen molar-refractivity contribution in [2.24, 2.45) is 0 Å². The van der Waals surface area contributed by atoms with Crippen LogP contribution in [0.1, 0.15) is 22.3 Å². The van der Waals surface area contributed by atoms with Gasteiger partial charge in [-0.2, -0.15) is 0 Å². The highest BCUT2D eigenvalue weighted by Gasteiger charge is 2.40. The quantitative estimate of drug-likeness (QED) is 0.220. The predicted octanol–water partition coefficient (Wildman–Crippen LogP) is 6.37. The molecule has 9 heteroatoms. The number of nitro benzene ring substituents is 2. The Balaban J connectivity index is 1.89. The van der Waals surface area contributed by atoms with Gasteiger partial charge in [0, 0.05) is 35.4 Å². The van der Waals surface area contributed by atoms with Gasteiger partial charge in [-0.25, -0.2) is 8.42 Å². The second-order valence-electron chi connectivity index (χ2n) is 8.25. The highest BCUT2D eigenvalue weighted by molar-refractivity contribution is 8.10. The largest absolute Gasteiger partial charge is 0.269 e. The number of sulfone groups is 1. The van der Waals surface area contributed by atoms with Crippen molar-refractivity contribution in [2.75, 3.05) is 0 Å². The van der Waals surface area contributed by atoms with Crippen LogP contribution in [0.3, 0.4) is 0 Å². The van der Waals surface area contributed by atoms with E-state index in [2.05, 4.69) is 0 Å². The minimum atomic E-state index is -4.09. The van der Waals surface area contributed by atoms with E-state index >= 15 is 0 Å². The summed E-state index contributed by atoms with van der Waals surface area (Å²) in [6.07, 6.45) is 0. The molecule has 0 saturated heterocycles. The number of hydrogen-bond donors (Lipinski definition) is 0. The van der Waals surface area contributed by atoms with Gasteiger partial charge in [0.25, 0.3) is 11.4 Å². The molecule has 1 heterocycles. The smallest absolute Gasteiger partial charge is 0.258 e. The third-order valence-electron chi connectivity index (χ3n) is 6.05. The van der Waals surface area contributed by atoms with Gasteiger partial charge in [-0.15, -0.1) is 0 Å². The van der Waals surface area contributed by atoms with Crippen molar-refractivity contribution in [3.8, 4) is 0 Å². The van der Waals surface area contributed by atoms with Gasteiger partial charge in [0.05, 0.1) is 19.7 Å². The summed E-state index contributed by atoms with van der Waals surface area (Å²) in [6.45, 7) is 0. The molecule has 0 fully saturated rings. The number of non-ortho nitro benzene ring substituents is 2. The number of benzene rings is 4. The minimum absolute atomic E-state index is 0.0640. The van der Waals surface area contributed by atoms with Gasteiger partial charge in [0.1, 0.15) is 0 Å². The summed E-state index contributed by atoms with van der Waals surface area (Å²) in [5.74, 6) is 0. The van der Waals surface area contributed by atoms with Crippen LogP contribution in [0.25, 0.3) is 21.0 Å². The molecule has 0 spiro atoms. The second-order valence-corrected chi connectivity index (χ2v) is 10.1. The van der Waals surface area contributed by atoms with Gasteiger partial charge in [0.15, 0.2) is 0 Å². The van der Waals surface area contributed by atoms with Gasteiger partial charge < -0.3 is 0 Å². The first kappa shape index (κ1) is 23.8. The Labute approximate surface area is 212 Å². The van der Waals surface area contributed by atoms with Crippen LogP contribution in [-0.2, 0) is 9.84 Å². The molecule has 0 amide bonds. The fraction of sp³-hybridized carbons (Fsp3) is 0. The van der Waals surface area contributed by atoms with E-state index in [9.17, 15) is 28.6 Å². The van der Waals surface area contributed by atoms with E-state index in [-0.39, 0.29) is 21.2 Å². The minimum Gasteiger partial charge on any atom is -0.258 e. The topological polar surface area (TPSA) is 120 Å². The Morgan fingerprint density at radius 3 is 1.08 bits per heavy atom. The van der Waals surface area contributed by atoms with Gasteiger partial charge in [0.2, 0.25) is 9.84 Å². The van der Waals surface area contributed by atoms with E-state index in [0.29, 0.717) is 33.4 Å². The molecule has 1 aliphatic heterocycles. The summed E-state index contributed by atoms with van der Waals surface area (Å²) in [5.41, 5.74) is 2.33. The summed E-state index contributed by atoms with van der Waals surface area (Å²) in [5, 5.41) is 22.5. The fourth-order valence-electron chi connectivity index (χ4n) is 4.43. The number of nitrogens with zero attached hydrogens (tertiary/aromatic N) is 2. The Hall–Kier alpha value is -4.89. The van der Waals surface area contributed by atoms with E-state index in [1.165, 1.54) is 48.5 Å². The summed E-state index contributed by atoms with van der Waals surface area (Å²) in [7, 11) is -4.09. The molecule has 182 valence electrons. The zero-order valence-electron chi connectivity index (χ0n) is 19.1. The standard InChI is InChI=1S/C28H18N2O6S/c31-29(32)23-15-11-19(12-16-23)25-26(20-13-17-24(18-14-20)30(33)34)28(22-9-5-2-6-10-22)37(35,36)27(25)21-7-3-1-4-8-21/h1-18H. The van der Waals surface area contributed by atoms with Crippen molar-refractivity contribution < 1.29 is 18.3 Å². The van der Waals surface area contributed by atoms with Crippen LogP contribution in [0.2, 0.25) is 0 Å². The van der Waals surface area contributed by atoms with Crippen LogP contribution in [-0.4, -0.2) is 18.3 Å². The van der Waals surface area contributed by atoms with Crippen LogP contribution < -0.4 is 0 Å². The lowest BCUT2D eigenvalue weighted by Gasteiger charge is -2.12. The molecular formula is C28H18N2O6S. The van der Waals surface area contributed by atoms with E-state index < -0.39 is 19.7 Å². The Morgan fingerprint density at radius 1 is 0.459 bits per heavy atom. The van der Waals surface area contributed by atoms with Crippen LogP contribution in [0, 0.1) is 20.2 Å². The first-order chi connectivity index (χ1) is 17.8. The SMILES string of the molecule is O=[N+]([O-])c1ccc(C2=C(c3ccccc3)S(=O)(=O)C(c3ccccc3)=C2c2ccc([N+](=O)[O-])cc2)cc1. The molecule has 4 aromatic carbocycles. The average Bonchev–Trinajstić information content (AvgIpc) is 3.16. The summed E-state index contributed by atoms with van der Waals surface area (Å²) < 4.78 is 28.6. The predicted molar refractivity (Wildman–Crippen MR) is 142 cm³/mol. The first-order valence-corrected chi connectivity index (χ1v) is 12.6. The molecule has 0 unspecified atom stereocenters. The van der Waals surface area contributed by atoms with Crippen molar-refractivity contribution in [2.45, 2.75) is 0 Å². The maximum atomic E-state index is 14.3. The highest BCUT2D eigenvalue weighted by Crippen LogP contribution is 2.54. The number of allylic oxidation sites excluding steroid dienone is 2. The Kier molecular flexibility index (Phi) is 5.98. The van der Waals surface area contributed by atoms with E-state index in [0.717, 1.165) is 0 Å². The Morgan fingerprint density at radius 2 is 0.784 bits per heavy atom. The molecule has 0 atom stereocenters. The van der Waals surface area contributed by atoms with Gasteiger partial charge in [-0.3, -0.25) is 20.2 Å². The van der Waals surface area contributed by atoms with Crippen LogP contribution in [0.15, 0.2) is 109 Å². The zero-order chi connectivity index (χ0) is 26.2. The molecule has 0 N–H and O–H groups in total. The molecule has 0 aromatic heterocycles. The molecule has 37 heavy (non-hydrogen) atoms. The maximum Gasteiger partial charge on any atom is 0.269 e. The normalized spacial score (nSPS) is 14.6. The third-order valence-corrected chi connectivity index (χ3v) is 8.00. The summed E-state index contributed by atoms with van der Waals surface area (Å²) >= 11 is 0. The van der Waals surface area contributed by atoms with Crippen molar-refractivity contribution >= 4 is 42.2 Å². The van der Waals surface area contributed by atoms with Gasteiger partial charge in [-0.1, -0.05) is 60.7 Å². The van der Waals surface area contributed by atoms with E-state index in [1.807, 2.05) is 0 Å². The molecule has 8 nitrogen and oxygen atoms in total. The van der Waals surface area contributed by atoms with Crippen molar-refractivity contribution in [3.05, 3.63) is 152 Å². The van der Waals surface area contributed by atoms with Gasteiger partial charge >= 0.3 is 0 Å². The lowest BCUT2D eigenvalue weighted by atomic mass is 9.89. The second kappa shape index (κ2) is 9.29. The van der Waals surface area contributed by atoms with Crippen LogP contribution >= 0.6 is 0 Å². The van der Waals surface area contributed by atoms with Gasteiger partial charge in [-0.05, 0) is 46.5 Å². The average molecular weight is 511 g/mol. The van der Waals surface area contributed by atoms with E-state index in [4.69, 9.17) is 0 Å². The third kappa shape index (κ3) is 4.21. The Bertz CT molecular complexity index is 1570. The molecular weight excluding hydrogens is 492 g/mol. The number of hydrogen-bond acceptors (Lipinski definition) is 6. The van der Waals surface area contributed by atoms with Crippen LogP contribution in [0.4, 0.5) is 11.4 Å². The number of nitro groups is 2. The van der Waals surface area contributed by atoms with Crippen LogP contribution in [0.5, 0.6) is 0 Å². The molecule has 0 saturated carbocycles. The zero-order valence-corrected chi connectivity index (χ0v) is 20.0. The van der Waals surface area contributed by atoms with Crippen molar-refractivity contribution in [3.63, 3.8) is 0 Å². The lowest BCUT2D eigenvalue weighted by molar-refractivity contribution is -0.385. The summed E-state index contributed by atoms with van der Waals surface area (Å²) in [4.78, 5) is 21.6.